The van der Waals surface area contributed by atoms with Crippen molar-refractivity contribution in [3.63, 3.8) is 0 Å². The van der Waals surface area contributed by atoms with Crippen molar-refractivity contribution in [2.75, 3.05) is 50.8 Å². The number of benzene rings is 1. The van der Waals surface area contributed by atoms with E-state index in [1.54, 1.807) is 13.0 Å². The molecule has 2 rings (SSSR count). The number of thioether (sulfide) groups is 1. The molecule has 10 heteroatoms. The van der Waals surface area contributed by atoms with Gasteiger partial charge in [0.25, 0.3) is 0 Å². The van der Waals surface area contributed by atoms with Crippen molar-refractivity contribution in [2.24, 2.45) is 5.92 Å². The van der Waals surface area contributed by atoms with Gasteiger partial charge in [0.05, 0.1) is 35.5 Å². The second-order valence-electron chi connectivity index (χ2n) is 9.05. The van der Waals surface area contributed by atoms with Crippen LogP contribution in [-0.2, 0) is 20.7 Å². The minimum absolute atomic E-state index is 0. The molecule has 9 nitrogen and oxygen atoms in total. The van der Waals surface area contributed by atoms with Gasteiger partial charge in [-0.15, -0.1) is 11.8 Å². The van der Waals surface area contributed by atoms with Crippen LogP contribution in [-0.4, -0.2) is 79.7 Å². The van der Waals surface area contributed by atoms with Crippen molar-refractivity contribution in [1.82, 2.24) is 15.5 Å². The van der Waals surface area contributed by atoms with Crippen LogP contribution in [0.15, 0.2) is 24.3 Å². The lowest BCUT2D eigenvalue weighted by molar-refractivity contribution is -0.121. The maximum atomic E-state index is 11.5. The summed E-state index contributed by atoms with van der Waals surface area (Å²) in [5.74, 6) is -0.438. The number of carbonyl (C=O) groups is 2. The van der Waals surface area contributed by atoms with E-state index in [9.17, 15) is 9.59 Å². The lowest BCUT2D eigenvalue weighted by Crippen LogP contribution is -2.46. The Kier molecular flexibility index (Phi) is 16.1. The first-order valence-corrected chi connectivity index (χ1v) is 13.8. The zero-order valence-corrected chi connectivity index (χ0v) is 23.6. The number of amides is 2. The highest BCUT2D eigenvalue weighted by atomic mass is 32.2. The summed E-state index contributed by atoms with van der Waals surface area (Å²) in [7, 11) is 1.96. The fraction of sp³-hybridized carbons (Fsp3) is 0.630. The van der Waals surface area contributed by atoms with Crippen LogP contribution in [0.1, 0.15) is 42.5 Å². The molecule has 1 aromatic carbocycles. The highest BCUT2D eigenvalue weighted by molar-refractivity contribution is 8.00. The van der Waals surface area contributed by atoms with Crippen LogP contribution in [0, 0.1) is 28.6 Å². The molecule has 208 valence electrons. The molecule has 4 unspecified atom stereocenters. The molecule has 1 saturated heterocycles. The number of nitrogens with zero attached hydrogens (tertiary/aromatic N) is 3. The lowest BCUT2D eigenvalue weighted by atomic mass is 10.1. The molecular weight excluding hydrogens is 488 g/mol. The molecule has 2 amide bonds. The summed E-state index contributed by atoms with van der Waals surface area (Å²) < 4.78 is 5.75. The first-order valence-electron chi connectivity index (χ1n) is 12.8. The monoisotopic (exact) mass is 534 g/mol. The van der Waals surface area contributed by atoms with Crippen LogP contribution in [0.3, 0.4) is 0 Å². The Hall–Kier alpha value is -2.79. The Labute approximate surface area is 229 Å². The van der Waals surface area contributed by atoms with Crippen LogP contribution in [0.4, 0.5) is 5.69 Å². The molecule has 0 bridgehead atoms. The molecule has 4 atom stereocenters. The van der Waals surface area contributed by atoms with Gasteiger partial charge in [-0.05, 0) is 51.8 Å². The van der Waals surface area contributed by atoms with Crippen molar-refractivity contribution in [3.8, 4) is 12.1 Å². The van der Waals surface area contributed by atoms with E-state index in [4.69, 9.17) is 15.3 Å². The fourth-order valence-corrected chi connectivity index (χ4v) is 4.81. The smallest absolute Gasteiger partial charge is 0.232 e. The van der Waals surface area contributed by atoms with E-state index >= 15 is 0 Å². The Bertz CT molecular complexity index is 918. The van der Waals surface area contributed by atoms with Gasteiger partial charge in [0.1, 0.15) is 6.54 Å². The molecule has 1 aliphatic rings. The topological polar surface area (TPSA) is 130 Å². The molecule has 0 saturated carbocycles. The van der Waals surface area contributed by atoms with Gasteiger partial charge in [0.2, 0.25) is 11.8 Å². The molecule has 3 N–H and O–H groups in total. The maximum Gasteiger partial charge on any atom is 0.232 e. The molecule has 1 fully saturated rings. The van der Waals surface area contributed by atoms with E-state index in [1.165, 1.54) is 23.0 Å². The number of nitriles is 2. The average molecular weight is 535 g/mol. The minimum atomic E-state index is -0.458. The summed E-state index contributed by atoms with van der Waals surface area (Å²) in [6.45, 7) is 11.7. The summed E-state index contributed by atoms with van der Waals surface area (Å²) in [6, 6.07) is 12.5. The number of hydrogen-bond donors (Lipinski definition) is 3. The highest BCUT2D eigenvalue weighted by Gasteiger charge is 2.21. The number of morpholine rings is 1. The molecule has 1 aliphatic heterocycles. The summed E-state index contributed by atoms with van der Waals surface area (Å²) in [4.78, 5) is 25.3. The van der Waals surface area contributed by atoms with Crippen LogP contribution >= 0.6 is 11.8 Å². The Morgan fingerprint density at radius 3 is 2.54 bits per heavy atom. The van der Waals surface area contributed by atoms with Crippen molar-refractivity contribution in [1.29, 1.82) is 10.5 Å². The molecular formula is C27H46N6O3S. The van der Waals surface area contributed by atoms with Gasteiger partial charge in [-0.3, -0.25) is 14.5 Å². The number of nitrogens with one attached hydrogen (secondary N) is 3. The van der Waals surface area contributed by atoms with Crippen molar-refractivity contribution >= 4 is 29.3 Å². The van der Waals surface area contributed by atoms with Gasteiger partial charge in [-0.25, -0.2) is 0 Å². The van der Waals surface area contributed by atoms with Gasteiger partial charge < -0.3 is 20.7 Å². The zero-order chi connectivity index (χ0) is 27.6. The first-order chi connectivity index (χ1) is 17.7. The minimum Gasteiger partial charge on any atom is -0.388 e. The van der Waals surface area contributed by atoms with E-state index in [1.807, 2.05) is 20.0 Å². The van der Waals surface area contributed by atoms with Gasteiger partial charge in [0, 0.05) is 53.9 Å². The molecule has 0 aliphatic carbocycles. The molecule has 1 aromatic rings. The third-order valence-electron chi connectivity index (χ3n) is 5.67. The summed E-state index contributed by atoms with van der Waals surface area (Å²) in [5, 5.41) is 25.3. The number of rotatable bonds is 12. The SMILES string of the molecule is CCNC(=O)C(C)SCC(C#N)CC(=O)NCC#N.CNc1cccc(CCN2CC(C)OC(C)C2)c1.[HH].[HH]. The zero-order valence-electron chi connectivity index (χ0n) is 22.8. The van der Waals surface area contributed by atoms with Gasteiger partial charge >= 0.3 is 0 Å². The van der Waals surface area contributed by atoms with Crippen LogP contribution in [0.5, 0.6) is 0 Å². The number of carbonyl (C=O) groups excluding carboxylic acids is 2. The second-order valence-corrected chi connectivity index (χ2v) is 10.4. The summed E-state index contributed by atoms with van der Waals surface area (Å²) in [5.41, 5.74) is 2.59. The predicted octanol–water partition coefficient (Wildman–Crippen LogP) is 3.29. The fourth-order valence-electron chi connectivity index (χ4n) is 3.87. The molecule has 0 aromatic heterocycles. The maximum absolute atomic E-state index is 11.5. The first kappa shape index (κ1) is 32.2. The quantitative estimate of drug-likeness (QED) is 0.348. The average Bonchev–Trinajstić information content (AvgIpc) is 2.88. The Morgan fingerprint density at radius 2 is 1.95 bits per heavy atom. The van der Waals surface area contributed by atoms with Crippen LogP contribution in [0.25, 0.3) is 0 Å². The largest absolute Gasteiger partial charge is 0.388 e. The standard InChI is InChI=1S/C15H24N2O.C12H18N4O2S.2H2/c1-12-10-17(11-13(2)18-12)8-7-14-5-4-6-15(9-14)16-3;1-3-15-12(18)9(2)19-8-10(7-14)6-11(17)16-5-4-13;;/h4-6,9,12-13,16H,7-8,10-11H2,1-3H3;9-10H,3,5-6,8H2,1-2H3,(H,15,18)(H,16,17);2*1H. The van der Waals surface area contributed by atoms with Gasteiger partial charge in [0.15, 0.2) is 0 Å². The Balaban J connectivity index is 0. The summed E-state index contributed by atoms with van der Waals surface area (Å²) in [6.07, 6.45) is 1.87. The third kappa shape index (κ3) is 13.9. The van der Waals surface area contributed by atoms with Crippen molar-refractivity contribution in [3.05, 3.63) is 29.8 Å². The second kappa shape index (κ2) is 18.5. The number of hydrogen-bond acceptors (Lipinski definition) is 8. The van der Waals surface area contributed by atoms with Crippen molar-refractivity contribution < 1.29 is 17.2 Å². The molecule has 0 radical (unpaired) electrons. The van der Waals surface area contributed by atoms with E-state index in [2.05, 4.69) is 59.0 Å². The van der Waals surface area contributed by atoms with Gasteiger partial charge in [-0.2, -0.15) is 10.5 Å². The van der Waals surface area contributed by atoms with Crippen LogP contribution in [0.2, 0.25) is 0 Å². The van der Waals surface area contributed by atoms with Crippen molar-refractivity contribution in [2.45, 2.75) is 58.0 Å². The van der Waals surface area contributed by atoms with Crippen LogP contribution < -0.4 is 16.0 Å². The lowest BCUT2D eigenvalue weighted by Gasteiger charge is -2.35. The predicted molar refractivity (Wildman–Crippen MR) is 153 cm³/mol. The molecule has 0 spiro atoms. The Morgan fingerprint density at radius 1 is 1.24 bits per heavy atom. The number of ether oxygens (including phenoxy) is 1. The number of anilines is 1. The molecule has 37 heavy (non-hydrogen) atoms. The highest BCUT2D eigenvalue weighted by Crippen LogP contribution is 2.17. The van der Waals surface area contributed by atoms with E-state index in [0.717, 1.165) is 26.1 Å². The van der Waals surface area contributed by atoms with E-state index < -0.39 is 5.92 Å². The van der Waals surface area contributed by atoms with Gasteiger partial charge in [-0.1, -0.05) is 12.1 Å². The molecule has 1 heterocycles. The normalized spacial score (nSPS) is 18.7. The van der Waals surface area contributed by atoms with E-state index in [-0.39, 0.29) is 32.9 Å². The third-order valence-corrected chi connectivity index (χ3v) is 6.98. The summed E-state index contributed by atoms with van der Waals surface area (Å²) >= 11 is 1.34. The van der Waals surface area contributed by atoms with E-state index in [0.29, 0.717) is 24.5 Å².